The van der Waals surface area contributed by atoms with Gasteiger partial charge in [0.05, 0.1) is 18.4 Å². The number of nitrogens with one attached hydrogen (secondary N) is 1. The molecule has 2 heterocycles. The number of halogens is 1. The molecule has 0 unspecified atom stereocenters. The summed E-state index contributed by atoms with van der Waals surface area (Å²) in [7, 11) is 0. The van der Waals surface area contributed by atoms with Gasteiger partial charge < -0.3 is 5.32 Å². The highest BCUT2D eigenvalue weighted by Crippen LogP contribution is 2.13. The first kappa shape index (κ1) is 14.6. The van der Waals surface area contributed by atoms with Crippen LogP contribution in [0.3, 0.4) is 0 Å². The smallest absolute Gasteiger partial charge is 0.124 e. The Labute approximate surface area is 114 Å². The fourth-order valence-corrected chi connectivity index (χ4v) is 1.72. The molecular weight excluding hydrogens is 250 g/mol. The van der Waals surface area contributed by atoms with Crippen molar-refractivity contribution < 1.29 is 0 Å². The summed E-state index contributed by atoms with van der Waals surface area (Å²) in [6.07, 6.45) is 3.81. The molecule has 2 aromatic heterocycles. The van der Waals surface area contributed by atoms with Crippen molar-refractivity contribution in [3.05, 3.63) is 30.2 Å². The number of hydrogen-bond donors (Lipinski definition) is 1. The van der Waals surface area contributed by atoms with Crippen LogP contribution in [0.2, 0.25) is 0 Å². The molecule has 0 amide bonds. The third-order valence-electron chi connectivity index (χ3n) is 2.63. The topological polar surface area (TPSA) is 47.7 Å². The molecule has 0 aliphatic rings. The van der Waals surface area contributed by atoms with Crippen molar-refractivity contribution in [3.8, 4) is 0 Å². The van der Waals surface area contributed by atoms with Gasteiger partial charge in [-0.3, -0.25) is 4.68 Å². The van der Waals surface area contributed by atoms with Crippen LogP contribution in [0.15, 0.2) is 24.5 Å². The summed E-state index contributed by atoms with van der Waals surface area (Å²) in [5.41, 5.74) is 1.04. The van der Waals surface area contributed by atoms with E-state index in [0.29, 0.717) is 6.04 Å². The lowest BCUT2D eigenvalue weighted by atomic mass is 10.4. The second-order valence-electron chi connectivity index (χ2n) is 4.27. The zero-order valence-corrected chi connectivity index (χ0v) is 11.8. The number of anilines is 1. The molecule has 0 aromatic carbocycles. The van der Waals surface area contributed by atoms with Crippen molar-refractivity contribution in [1.29, 1.82) is 0 Å². The lowest BCUT2D eigenvalue weighted by Gasteiger charge is -2.11. The van der Waals surface area contributed by atoms with E-state index in [2.05, 4.69) is 36.3 Å². The average molecular weight is 270 g/mol. The highest BCUT2D eigenvalue weighted by atomic mass is 35.5. The fourth-order valence-electron chi connectivity index (χ4n) is 1.72. The molecule has 0 saturated carbocycles. The fraction of sp³-hybridized carbons (Fsp3) is 0.500. The Bertz CT molecular complexity index is 474. The summed E-state index contributed by atoms with van der Waals surface area (Å²) in [6.45, 7) is 7.95. The molecule has 0 radical (unpaired) electrons. The van der Waals surface area contributed by atoms with Gasteiger partial charge in [-0.2, -0.15) is 10.2 Å². The van der Waals surface area contributed by atoms with E-state index >= 15 is 0 Å². The van der Waals surface area contributed by atoms with Gasteiger partial charge in [0.1, 0.15) is 5.82 Å². The minimum absolute atomic E-state index is 0. The molecule has 100 valence electrons. The number of aryl methyl sites for hydroxylation is 1. The number of rotatable bonds is 5. The van der Waals surface area contributed by atoms with Crippen LogP contribution in [0.4, 0.5) is 5.82 Å². The zero-order chi connectivity index (χ0) is 12.3. The van der Waals surface area contributed by atoms with E-state index in [1.165, 1.54) is 0 Å². The molecule has 0 fully saturated rings. The summed E-state index contributed by atoms with van der Waals surface area (Å²) in [4.78, 5) is 0. The largest absolute Gasteiger partial charge is 0.365 e. The average Bonchev–Trinajstić information content (AvgIpc) is 2.95. The number of hydrogen-bond acceptors (Lipinski definition) is 3. The molecule has 0 aliphatic carbocycles. The van der Waals surface area contributed by atoms with Crippen LogP contribution in [-0.4, -0.2) is 19.6 Å². The molecular formula is C12H20ClN5. The minimum atomic E-state index is 0. The van der Waals surface area contributed by atoms with E-state index in [-0.39, 0.29) is 12.4 Å². The Balaban J connectivity index is 0.00000162. The van der Waals surface area contributed by atoms with Gasteiger partial charge in [-0.25, -0.2) is 4.68 Å². The van der Waals surface area contributed by atoms with E-state index in [1.54, 1.807) is 0 Å². The molecule has 0 saturated heterocycles. The molecule has 1 N–H and O–H groups in total. The Morgan fingerprint density at radius 1 is 1.33 bits per heavy atom. The predicted octanol–water partition coefficient (Wildman–Crippen LogP) is 2.71. The van der Waals surface area contributed by atoms with Gasteiger partial charge in [-0.1, -0.05) is 0 Å². The van der Waals surface area contributed by atoms with Crippen LogP contribution in [0.25, 0.3) is 0 Å². The number of aromatic nitrogens is 4. The third kappa shape index (κ3) is 3.26. The van der Waals surface area contributed by atoms with E-state index in [1.807, 2.05) is 33.9 Å². The van der Waals surface area contributed by atoms with Crippen LogP contribution in [-0.2, 0) is 13.1 Å². The van der Waals surface area contributed by atoms with Crippen molar-refractivity contribution in [2.75, 3.05) is 5.32 Å². The van der Waals surface area contributed by atoms with E-state index in [4.69, 9.17) is 0 Å². The van der Waals surface area contributed by atoms with Crippen molar-refractivity contribution in [2.45, 2.75) is 39.9 Å². The van der Waals surface area contributed by atoms with Crippen LogP contribution < -0.4 is 5.32 Å². The van der Waals surface area contributed by atoms with Gasteiger partial charge in [0.15, 0.2) is 0 Å². The minimum Gasteiger partial charge on any atom is -0.365 e. The first-order valence-electron chi connectivity index (χ1n) is 6.00. The van der Waals surface area contributed by atoms with Gasteiger partial charge >= 0.3 is 0 Å². The third-order valence-corrected chi connectivity index (χ3v) is 2.63. The van der Waals surface area contributed by atoms with Crippen LogP contribution >= 0.6 is 12.4 Å². The maximum atomic E-state index is 4.43. The summed E-state index contributed by atoms with van der Waals surface area (Å²) in [5.74, 6) is 1.03. The highest BCUT2D eigenvalue weighted by molar-refractivity contribution is 5.85. The van der Waals surface area contributed by atoms with Gasteiger partial charge in [0.2, 0.25) is 0 Å². The Morgan fingerprint density at radius 3 is 2.72 bits per heavy atom. The zero-order valence-electron chi connectivity index (χ0n) is 11.0. The van der Waals surface area contributed by atoms with Gasteiger partial charge in [0.25, 0.3) is 0 Å². The van der Waals surface area contributed by atoms with Gasteiger partial charge in [-0.15, -0.1) is 12.4 Å². The number of nitrogens with zero attached hydrogens (tertiary/aromatic N) is 4. The van der Waals surface area contributed by atoms with E-state index < -0.39 is 0 Å². The normalized spacial score (nSPS) is 10.4. The van der Waals surface area contributed by atoms with Crippen molar-refractivity contribution >= 4 is 18.2 Å². The lowest BCUT2D eigenvalue weighted by Crippen LogP contribution is -2.10. The second kappa shape index (κ2) is 6.44. The lowest BCUT2D eigenvalue weighted by molar-refractivity contribution is 0.537. The first-order chi connectivity index (χ1) is 8.20. The Kier molecular flexibility index (Phi) is 5.22. The quantitative estimate of drug-likeness (QED) is 0.908. The SMILES string of the molecule is CCn1ccc(CNc2ccnn2C(C)C)n1.Cl. The van der Waals surface area contributed by atoms with Crippen molar-refractivity contribution in [1.82, 2.24) is 19.6 Å². The maximum Gasteiger partial charge on any atom is 0.124 e. The monoisotopic (exact) mass is 269 g/mol. The van der Waals surface area contributed by atoms with Crippen LogP contribution in [0.1, 0.15) is 32.5 Å². The molecule has 18 heavy (non-hydrogen) atoms. The second-order valence-corrected chi connectivity index (χ2v) is 4.27. The molecule has 2 rings (SSSR count). The molecule has 0 spiro atoms. The standard InChI is InChI=1S/C12H19N5.ClH/c1-4-16-8-6-11(15-16)9-13-12-5-7-14-17(12)10(2)3;/h5-8,10,13H,4,9H2,1-3H3;1H. The molecule has 0 bridgehead atoms. The predicted molar refractivity (Wildman–Crippen MR) is 75.1 cm³/mol. The van der Waals surface area contributed by atoms with E-state index in [9.17, 15) is 0 Å². The molecule has 6 heteroatoms. The molecule has 5 nitrogen and oxygen atoms in total. The molecule has 0 atom stereocenters. The summed E-state index contributed by atoms with van der Waals surface area (Å²) >= 11 is 0. The summed E-state index contributed by atoms with van der Waals surface area (Å²) < 4.78 is 3.90. The summed E-state index contributed by atoms with van der Waals surface area (Å²) in [5, 5.41) is 12.1. The highest BCUT2D eigenvalue weighted by Gasteiger charge is 2.05. The van der Waals surface area contributed by atoms with Crippen molar-refractivity contribution in [3.63, 3.8) is 0 Å². The van der Waals surface area contributed by atoms with Gasteiger partial charge in [0, 0.05) is 24.8 Å². The molecule has 2 aromatic rings. The van der Waals surface area contributed by atoms with Crippen LogP contribution in [0.5, 0.6) is 0 Å². The van der Waals surface area contributed by atoms with E-state index in [0.717, 1.165) is 24.6 Å². The Morgan fingerprint density at radius 2 is 2.11 bits per heavy atom. The molecule has 0 aliphatic heterocycles. The summed E-state index contributed by atoms with van der Waals surface area (Å²) in [6, 6.07) is 4.38. The first-order valence-corrected chi connectivity index (χ1v) is 6.00. The van der Waals surface area contributed by atoms with Crippen molar-refractivity contribution in [2.24, 2.45) is 0 Å². The maximum absolute atomic E-state index is 4.43. The Hall–Kier alpha value is -1.49. The van der Waals surface area contributed by atoms with Gasteiger partial charge in [-0.05, 0) is 26.8 Å². The van der Waals surface area contributed by atoms with Crippen LogP contribution in [0, 0.1) is 0 Å².